The van der Waals surface area contributed by atoms with E-state index in [4.69, 9.17) is 11.6 Å². The van der Waals surface area contributed by atoms with Gasteiger partial charge in [0.25, 0.3) is 0 Å². The summed E-state index contributed by atoms with van der Waals surface area (Å²) >= 11 is 7.91. The lowest BCUT2D eigenvalue weighted by atomic mass is 10.2. The van der Waals surface area contributed by atoms with Gasteiger partial charge in [0.2, 0.25) is 0 Å². The van der Waals surface area contributed by atoms with Crippen molar-refractivity contribution >= 4 is 23.4 Å². The molecule has 2 aromatic rings. The molecule has 0 spiro atoms. The van der Waals surface area contributed by atoms with Gasteiger partial charge in [0.05, 0.1) is 0 Å². The average Bonchev–Trinajstić information content (AvgIpc) is 2.42. The summed E-state index contributed by atoms with van der Waals surface area (Å²) in [7, 11) is 4.20. The Balaban J connectivity index is 2.30. The molecule has 0 atom stereocenters. The van der Waals surface area contributed by atoms with Crippen molar-refractivity contribution in [2.24, 2.45) is 0 Å². The van der Waals surface area contributed by atoms with Crippen LogP contribution >= 0.6 is 23.4 Å². The van der Waals surface area contributed by atoms with Crippen molar-refractivity contribution in [3.05, 3.63) is 58.6 Å². The second-order valence-electron chi connectivity index (χ2n) is 5.05. The second-order valence-corrected chi connectivity index (χ2v) is 6.57. The van der Waals surface area contributed by atoms with Crippen molar-refractivity contribution in [2.75, 3.05) is 14.1 Å². The van der Waals surface area contributed by atoms with Gasteiger partial charge in [0.1, 0.15) is 0 Å². The van der Waals surface area contributed by atoms with Gasteiger partial charge in [0.15, 0.2) is 0 Å². The fraction of sp³-hybridized carbons (Fsp3) is 0.294. The minimum absolute atomic E-state index is 0.813. The molecule has 0 aromatic heterocycles. The van der Waals surface area contributed by atoms with E-state index >= 15 is 0 Å². The average molecular weight is 306 g/mol. The third-order valence-corrected chi connectivity index (χ3v) is 4.55. The minimum atomic E-state index is 0.813. The smallest absolute Gasteiger partial charge is 0.0409 e. The molecule has 3 heteroatoms. The number of benzene rings is 2. The predicted molar refractivity (Wildman–Crippen MR) is 88.8 cm³/mol. The Morgan fingerprint density at radius 2 is 1.70 bits per heavy atom. The van der Waals surface area contributed by atoms with E-state index in [1.807, 2.05) is 17.8 Å². The van der Waals surface area contributed by atoms with Crippen molar-refractivity contribution in [3.63, 3.8) is 0 Å². The second kappa shape index (κ2) is 7.16. The highest BCUT2D eigenvalue weighted by Gasteiger charge is 2.08. The van der Waals surface area contributed by atoms with E-state index in [1.54, 1.807) is 0 Å². The molecule has 0 aliphatic rings. The van der Waals surface area contributed by atoms with Crippen LogP contribution in [0.4, 0.5) is 0 Å². The Bertz CT molecular complexity index is 581. The van der Waals surface area contributed by atoms with Gasteiger partial charge < -0.3 is 4.90 Å². The van der Waals surface area contributed by atoms with Crippen LogP contribution in [-0.2, 0) is 13.0 Å². The Hall–Kier alpha value is -0.960. The van der Waals surface area contributed by atoms with E-state index in [9.17, 15) is 0 Å². The Morgan fingerprint density at radius 3 is 2.40 bits per heavy atom. The predicted octanol–water partition coefficient (Wildman–Crippen LogP) is 5.12. The molecule has 2 rings (SSSR count). The molecule has 0 aliphatic heterocycles. The SMILES string of the molecule is CCc1cc(Cl)ccc1Sc1ccccc1CN(C)C. The molecule has 2 aromatic carbocycles. The Kier molecular flexibility index (Phi) is 5.53. The zero-order chi connectivity index (χ0) is 14.5. The molecule has 0 unspecified atom stereocenters. The minimum Gasteiger partial charge on any atom is -0.305 e. The van der Waals surface area contributed by atoms with Crippen LogP contribution in [-0.4, -0.2) is 19.0 Å². The lowest BCUT2D eigenvalue weighted by Gasteiger charge is -2.15. The van der Waals surface area contributed by atoms with Crippen LogP contribution in [0.2, 0.25) is 5.02 Å². The first-order valence-electron chi connectivity index (χ1n) is 6.79. The molecule has 0 radical (unpaired) electrons. The Labute approximate surface area is 130 Å². The number of rotatable bonds is 5. The standard InChI is InChI=1S/C17H20ClNS/c1-4-13-11-15(18)9-10-17(13)20-16-8-6-5-7-14(16)12-19(2)3/h5-11H,4,12H2,1-3H3. The van der Waals surface area contributed by atoms with Gasteiger partial charge in [-0.3, -0.25) is 0 Å². The van der Waals surface area contributed by atoms with E-state index in [1.165, 1.54) is 20.9 Å². The van der Waals surface area contributed by atoms with Gasteiger partial charge in [-0.15, -0.1) is 0 Å². The van der Waals surface area contributed by atoms with Gasteiger partial charge in [-0.2, -0.15) is 0 Å². The molecule has 0 amide bonds. The van der Waals surface area contributed by atoms with Crippen molar-refractivity contribution < 1.29 is 0 Å². The first-order valence-corrected chi connectivity index (χ1v) is 7.98. The summed E-state index contributed by atoms with van der Waals surface area (Å²) in [4.78, 5) is 4.81. The van der Waals surface area contributed by atoms with Crippen molar-refractivity contribution in [1.82, 2.24) is 4.90 Å². The fourth-order valence-electron chi connectivity index (χ4n) is 2.12. The van der Waals surface area contributed by atoms with E-state index < -0.39 is 0 Å². The molecule has 0 N–H and O–H groups in total. The van der Waals surface area contributed by atoms with Crippen molar-refractivity contribution in [3.8, 4) is 0 Å². The highest BCUT2D eigenvalue weighted by atomic mass is 35.5. The monoisotopic (exact) mass is 305 g/mol. The summed E-state index contributed by atoms with van der Waals surface area (Å²) in [6, 6.07) is 14.8. The quantitative estimate of drug-likeness (QED) is 0.754. The molecular formula is C17H20ClNS. The van der Waals surface area contributed by atoms with Crippen LogP contribution in [0.25, 0.3) is 0 Å². The molecule has 0 aliphatic carbocycles. The summed E-state index contributed by atoms with van der Waals surface area (Å²) in [5.41, 5.74) is 2.67. The molecule has 0 heterocycles. The van der Waals surface area contributed by atoms with Crippen LogP contribution in [0.3, 0.4) is 0 Å². The van der Waals surface area contributed by atoms with Crippen LogP contribution in [0.5, 0.6) is 0 Å². The normalized spacial score (nSPS) is 11.1. The third kappa shape index (κ3) is 4.02. The van der Waals surface area contributed by atoms with Gasteiger partial charge in [-0.25, -0.2) is 0 Å². The summed E-state index contributed by atoms with van der Waals surface area (Å²) in [5.74, 6) is 0. The van der Waals surface area contributed by atoms with E-state index in [0.717, 1.165) is 18.0 Å². The topological polar surface area (TPSA) is 3.24 Å². The first kappa shape index (κ1) is 15.4. The maximum atomic E-state index is 6.08. The summed E-state index contributed by atoms with van der Waals surface area (Å²) in [6.07, 6.45) is 0.999. The molecule has 106 valence electrons. The largest absolute Gasteiger partial charge is 0.305 e. The number of halogens is 1. The van der Waals surface area contributed by atoms with Gasteiger partial charge in [-0.05, 0) is 55.9 Å². The lowest BCUT2D eigenvalue weighted by molar-refractivity contribution is 0.399. The Morgan fingerprint density at radius 1 is 1.00 bits per heavy atom. The van der Waals surface area contributed by atoms with Crippen molar-refractivity contribution in [2.45, 2.75) is 29.7 Å². The van der Waals surface area contributed by atoms with E-state index in [0.29, 0.717) is 0 Å². The van der Waals surface area contributed by atoms with Crippen LogP contribution in [0.1, 0.15) is 18.1 Å². The zero-order valence-corrected chi connectivity index (χ0v) is 13.8. The van der Waals surface area contributed by atoms with Crippen LogP contribution < -0.4 is 0 Å². The van der Waals surface area contributed by atoms with Gasteiger partial charge in [-0.1, -0.05) is 48.5 Å². The summed E-state index contributed by atoms with van der Waals surface area (Å²) in [5, 5.41) is 0.813. The zero-order valence-electron chi connectivity index (χ0n) is 12.2. The highest BCUT2D eigenvalue weighted by molar-refractivity contribution is 7.99. The highest BCUT2D eigenvalue weighted by Crippen LogP contribution is 2.34. The first-order chi connectivity index (χ1) is 9.60. The molecule has 0 bridgehead atoms. The summed E-state index contributed by atoms with van der Waals surface area (Å²) in [6.45, 7) is 3.12. The number of hydrogen-bond acceptors (Lipinski definition) is 2. The van der Waals surface area contributed by atoms with Crippen LogP contribution in [0, 0.1) is 0 Å². The molecule has 20 heavy (non-hydrogen) atoms. The molecule has 0 fully saturated rings. The maximum absolute atomic E-state index is 6.08. The number of hydrogen-bond donors (Lipinski definition) is 0. The van der Waals surface area contributed by atoms with E-state index in [-0.39, 0.29) is 0 Å². The number of aryl methyl sites for hydroxylation is 1. The van der Waals surface area contributed by atoms with Gasteiger partial charge in [0, 0.05) is 21.4 Å². The molecular weight excluding hydrogens is 286 g/mol. The van der Waals surface area contributed by atoms with Gasteiger partial charge >= 0.3 is 0 Å². The summed E-state index contributed by atoms with van der Waals surface area (Å²) < 4.78 is 0. The van der Waals surface area contributed by atoms with Crippen LogP contribution in [0.15, 0.2) is 52.3 Å². The lowest BCUT2D eigenvalue weighted by Crippen LogP contribution is -2.11. The fourth-order valence-corrected chi connectivity index (χ4v) is 3.43. The van der Waals surface area contributed by atoms with Crippen molar-refractivity contribution in [1.29, 1.82) is 0 Å². The molecule has 0 saturated carbocycles. The molecule has 1 nitrogen and oxygen atoms in total. The van der Waals surface area contributed by atoms with E-state index in [2.05, 4.69) is 62.3 Å². The molecule has 0 saturated heterocycles. The number of nitrogens with zero attached hydrogens (tertiary/aromatic N) is 1. The third-order valence-electron chi connectivity index (χ3n) is 3.08. The maximum Gasteiger partial charge on any atom is 0.0409 e.